The predicted molar refractivity (Wildman–Crippen MR) is 84.5 cm³/mol. The van der Waals surface area contributed by atoms with Crippen molar-refractivity contribution in [2.45, 2.75) is 32.4 Å². The first-order valence-corrected chi connectivity index (χ1v) is 7.93. The number of hydrogen-bond acceptors (Lipinski definition) is 4. The Labute approximate surface area is 138 Å². The first kappa shape index (κ1) is 16.4. The number of benzene rings is 1. The van der Waals surface area contributed by atoms with Gasteiger partial charge in [-0.25, -0.2) is 8.78 Å². The van der Waals surface area contributed by atoms with Gasteiger partial charge in [-0.3, -0.25) is 9.48 Å². The van der Waals surface area contributed by atoms with Crippen LogP contribution in [0, 0.1) is 11.6 Å². The molecule has 1 N–H and O–H groups in total. The number of rotatable bonds is 5. The normalized spacial score (nSPS) is 17.3. The second kappa shape index (κ2) is 6.94. The molecule has 6 nitrogen and oxygen atoms in total. The van der Waals surface area contributed by atoms with E-state index in [-0.39, 0.29) is 18.4 Å². The van der Waals surface area contributed by atoms with Crippen LogP contribution in [0.2, 0.25) is 0 Å². The largest absolute Gasteiger partial charge is 0.367 e. The number of nitrogens with zero attached hydrogens (tertiary/aromatic N) is 4. The van der Waals surface area contributed by atoms with E-state index in [1.807, 2.05) is 11.8 Å². The van der Waals surface area contributed by atoms with Crippen LogP contribution in [-0.4, -0.2) is 40.0 Å². The zero-order valence-electron chi connectivity index (χ0n) is 13.4. The molecule has 0 aliphatic carbocycles. The van der Waals surface area contributed by atoms with Gasteiger partial charge in [-0.1, -0.05) is 5.21 Å². The Kier molecular flexibility index (Phi) is 4.73. The van der Waals surface area contributed by atoms with Crippen molar-refractivity contribution < 1.29 is 13.6 Å². The second-order valence-electron chi connectivity index (χ2n) is 5.84. The quantitative estimate of drug-likeness (QED) is 0.900. The molecule has 1 aromatic heterocycles. The van der Waals surface area contributed by atoms with Gasteiger partial charge in [0.2, 0.25) is 5.91 Å². The number of amides is 1. The van der Waals surface area contributed by atoms with Gasteiger partial charge in [0, 0.05) is 37.9 Å². The first-order chi connectivity index (χ1) is 11.5. The van der Waals surface area contributed by atoms with Crippen molar-refractivity contribution in [1.82, 2.24) is 20.3 Å². The van der Waals surface area contributed by atoms with E-state index in [1.165, 1.54) is 12.1 Å². The summed E-state index contributed by atoms with van der Waals surface area (Å²) in [5.74, 6) is -1.32. The molecule has 1 unspecified atom stereocenters. The minimum atomic E-state index is -0.597. The summed E-state index contributed by atoms with van der Waals surface area (Å²) in [6, 6.07) is 3.47. The molecule has 2 heterocycles. The Balaban J connectivity index is 1.54. The molecule has 1 saturated heterocycles. The fourth-order valence-corrected chi connectivity index (χ4v) is 2.85. The molecular weight excluding hydrogens is 316 g/mol. The summed E-state index contributed by atoms with van der Waals surface area (Å²) in [4.78, 5) is 13.9. The SMILES string of the molecule is CCn1cc(CC(=O)NC2CCN(c3ccc(F)cc3F)C2)nn1. The molecule has 0 saturated carbocycles. The fraction of sp³-hybridized carbons (Fsp3) is 0.438. The highest BCUT2D eigenvalue weighted by molar-refractivity contribution is 5.78. The van der Waals surface area contributed by atoms with Crippen LogP contribution in [0.5, 0.6) is 0 Å². The van der Waals surface area contributed by atoms with Crippen LogP contribution in [0.15, 0.2) is 24.4 Å². The minimum absolute atomic E-state index is 0.0665. The van der Waals surface area contributed by atoms with E-state index >= 15 is 0 Å². The van der Waals surface area contributed by atoms with E-state index in [2.05, 4.69) is 15.6 Å². The van der Waals surface area contributed by atoms with Crippen molar-refractivity contribution in [2.24, 2.45) is 0 Å². The zero-order valence-corrected chi connectivity index (χ0v) is 13.4. The molecule has 3 rings (SSSR count). The van der Waals surface area contributed by atoms with Crippen LogP contribution >= 0.6 is 0 Å². The van der Waals surface area contributed by atoms with Crippen LogP contribution in [0.1, 0.15) is 19.0 Å². The van der Waals surface area contributed by atoms with Gasteiger partial charge in [0.25, 0.3) is 0 Å². The van der Waals surface area contributed by atoms with Gasteiger partial charge >= 0.3 is 0 Å². The number of carbonyl (C=O) groups excluding carboxylic acids is 1. The Morgan fingerprint density at radius 1 is 1.42 bits per heavy atom. The third kappa shape index (κ3) is 3.69. The number of carbonyl (C=O) groups is 1. The molecule has 1 aliphatic rings. The maximum atomic E-state index is 13.8. The number of aryl methyl sites for hydroxylation is 1. The fourth-order valence-electron chi connectivity index (χ4n) is 2.85. The molecule has 8 heteroatoms. The number of hydrogen-bond donors (Lipinski definition) is 1. The van der Waals surface area contributed by atoms with Crippen LogP contribution in [0.4, 0.5) is 14.5 Å². The molecule has 0 spiro atoms. The standard InChI is InChI=1S/C16H19F2N5O/c1-2-23-10-13(20-21-23)8-16(24)19-12-5-6-22(9-12)15-4-3-11(17)7-14(15)18/h3-4,7,10,12H,2,5-6,8-9H2,1H3,(H,19,24). The van der Waals surface area contributed by atoms with E-state index in [1.54, 1.807) is 10.9 Å². The van der Waals surface area contributed by atoms with Gasteiger partial charge in [0.15, 0.2) is 0 Å². The predicted octanol–water partition coefficient (Wildman–Crippen LogP) is 1.51. The second-order valence-corrected chi connectivity index (χ2v) is 5.84. The van der Waals surface area contributed by atoms with Crippen molar-refractivity contribution in [2.75, 3.05) is 18.0 Å². The minimum Gasteiger partial charge on any atom is -0.367 e. The average Bonchev–Trinajstić information content (AvgIpc) is 3.16. The number of nitrogens with one attached hydrogen (secondary N) is 1. The molecule has 128 valence electrons. The topological polar surface area (TPSA) is 63.1 Å². The number of halogens is 2. The summed E-state index contributed by atoms with van der Waals surface area (Å²) < 4.78 is 28.5. The lowest BCUT2D eigenvalue weighted by Gasteiger charge is -2.19. The summed E-state index contributed by atoms with van der Waals surface area (Å²) in [7, 11) is 0. The van der Waals surface area contributed by atoms with Gasteiger partial charge in [-0.05, 0) is 25.5 Å². The van der Waals surface area contributed by atoms with E-state index in [4.69, 9.17) is 0 Å². The highest BCUT2D eigenvalue weighted by atomic mass is 19.1. The highest BCUT2D eigenvalue weighted by Gasteiger charge is 2.26. The van der Waals surface area contributed by atoms with E-state index in [0.29, 0.717) is 37.4 Å². The van der Waals surface area contributed by atoms with Gasteiger partial charge in [-0.2, -0.15) is 0 Å². The lowest BCUT2D eigenvalue weighted by Crippen LogP contribution is -2.38. The number of aromatic nitrogens is 3. The third-order valence-corrected chi connectivity index (χ3v) is 4.06. The summed E-state index contributed by atoms with van der Waals surface area (Å²) in [6.45, 7) is 3.76. The molecule has 1 amide bonds. The number of anilines is 1. The van der Waals surface area contributed by atoms with Crippen molar-refractivity contribution in [3.05, 3.63) is 41.7 Å². The van der Waals surface area contributed by atoms with E-state index in [9.17, 15) is 13.6 Å². The summed E-state index contributed by atoms with van der Waals surface area (Å²) >= 11 is 0. The smallest absolute Gasteiger partial charge is 0.226 e. The Morgan fingerprint density at radius 3 is 2.96 bits per heavy atom. The van der Waals surface area contributed by atoms with Crippen molar-refractivity contribution in [3.8, 4) is 0 Å². The van der Waals surface area contributed by atoms with Crippen molar-refractivity contribution >= 4 is 11.6 Å². The molecule has 1 atom stereocenters. The lowest BCUT2D eigenvalue weighted by atomic mass is 10.2. The van der Waals surface area contributed by atoms with Gasteiger partial charge in [-0.15, -0.1) is 5.10 Å². The Hall–Kier alpha value is -2.51. The summed E-state index contributed by atoms with van der Waals surface area (Å²) in [6.07, 6.45) is 2.63. The monoisotopic (exact) mass is 335 g/mol. The van der Waals surface area contributed by atoms with Gasteiger partial charge in [0.05, 0.1) is 17.8 Å². The molecule has 1 aromatic carbocycles. The Morgan fingerprint density at radius 2 is 2.25 bits per heavy atom. The van der Waals surface area contributed by atoms with E-state index in [0.717, 1.165) is 6.07 Å². The van der Waals surface area contributed by atoms with Gasteiger partial charge in [0.1, 0.15) is 11.6 Å². The average molecular weight is 335 g/mol. The Bertz CT molecular complexity index is 733. The maximum absolute atomic E-state index is 13.8. The highest BCUT2D eigenvalue weighted by Crippen LogP contribution is 2.24. The van der Waals surface area contributed by atoms with Crippen LogP contribution < -0.4 is 10.2 Å². The van der Waals surface area contributed by atoms with Crippen LogP contribution in [0.25, 0.3) is 0 Å². The molecule has 2 aromatic rings. The lowest BCUT2D eigenvalue weighted by molar-refractivity contribution is -0.121. The molecule has 1 fully saturated rings. The molecule has 0 bridgehead atoms. The van der Waals surface area contributed by atoms with Crippen LogP contribution in [-0.2, 0) is 17.8 Å². The molecule has 1 aliphatic heterocycles. The van der Waals surface area contributed by atoms with Crippen molar-refractivity contribution in [1.29, 1.82) is 0 Å². The molecule has 24 heavy (non-hydrogen) atoms. The first-order valence-electron chi connectivity index (χ1n) is 7.93. The third-order valence-electron chi connectivity index (χ3n) is 4.06. The van der Waals surface area contributed by atoms with E-state index < -0.39 is 11.6 Å². The zero-order chi connectivity index (χ0) is 17.1. The van der Waals surface area contributed by atoms with Crippen LogP contribution in [0.3, 0.4) is 0 Å². The summed E-state index contributed by atoms with van der Waals surface area (Å²) in [5, 5.41) is 10.8. The molecule has 0 radical (unpaired) electrons. The van der Waals surface area contributed by atoms with Gasteiger partial charge < -0.3 is 10.2 Å². The molecular formula is C16H19F2N5O. The maximum Gasteiger partial charge on any atom is 0.226 e. The van der Waals surface area contributed by atoms with Crippen molar-refractivity contribution in [3.63, 3.8) is 0 Å². The summed E-state index contributed by atoms with van der Waals surface area (Å²) in [5.41, 5.74) is 0.979.